The highest BCUT2D eigenvalue weighted by atomic mass is 16.3. The molecule has 68 valence electrons. The largest absolute Gasteiger partial charge is 0.395 e. The molecule has 0 aromatic carbocycles. The van der Waals surface area contributed by atoms with Gasteiger partial charge in [0.25, 0.3) is 0 Å². The summed E-state index contributed by atoms with van der Waals surface area (Å²) in [6.45, 7) is 6.11. The Morgan fingerprint density at radius 3 is 2.50 bits per heavy atom. The van der Waals surface area contributed by atoms with E-state index in [0.717, 1.165) is 11.4 Å². The van der Waals surface area contributed by atoms with Crippen LogP contribution in [0.3, 0.4) is 0 Å². The van der Waals surface area contributed by atoms with Crippen molar-refractivity contribution in [2.45, 2.75) is 26.2 Å². The molecule has 1 N–H and O–H groups in total. The predicted octanol–water partition coefficient (Wildman–Crippen LogP) is 0.998. The molecule has 1 aromatic rings. The van der Waals surface area contributed by atoms with Crippen molar-refractivity contribution < 1.29 is 5.11 Å². The van der Waals surface area contributed by atoms with Gasteiger partial charge in [-0.15, -0.1) is 0 Å². The van der Waals surface area contributed by atoms with Gasteiger partial charge in [-0.05, 0) is 13.0 Å². The molecule has 0 aliphatic heterocycles. The third-order valence-corrected chi connectivity index (χ3v) is 2.09. The molecule has 0 saturated heterocycles. The second-order valence-electron chi connectivity index (χ2n) is 3.84. The van der Waals surface area contributed by atoms with Crippen molar-refractivity contribution in [2.24, 2.45) is 7.05 Å². The quantitative estimate of drug-likeness (QED) is 0.715. The Morgan fingerprint density at radius 2 is 2.17 bits per heavy atom. The number of rotatable bonds is 2. The fourth-order valence-corrected chi connectivity index (χ4v) is 1.33. The van der Waals surface area contributed by atoms with Gasteiger partial charge in [0.15, 0.2) is 0 Å². The number of aliphatic hydroxyl groups excluding tert-OH is 1. The highest BCUT2D eigenvalue weighted by Gasteiger charge is 2.23. The Hall–Kier alpha value is -0.830. The lowest BCUT2D eigenvalue weighted by Crippen LogP contribution is -2.25. The van der Waals surface area contributed by atoms with E-state index in [4.69, 9.17) is 5.11 Å². The van der Waals surface area contributed by atoms with E-state index in [-0.39, 0.29) is 12.0 Å². The summed E-state index contributed by atoms with van der Waals surface area (Å²) in [6, 6.07) is 2.01. The van der Waals surface area contributed by atoms with E-state index >= 15 is 0 Å². The normalized spacial score (nSPS) is 12.1. The van der Waals surface area contributed by atoms with Crippen molar-refractivity contribution in [1.29, 1.82) is 0 Å². The molecule has 0 radical (unpaired) electrons. The van der Waals surface area contributed by atoms with Gasteiger partial charge < -0.3 is 5.11 Å². The molecule has 0 unspecified atom stereocenters. The van der Waals surface area contributed by atoms with Crippen LogP contribution in [-0.2, 0) is 12.5 Å². The standard InChI is InChI=1S/C9H16N2O/c1-7-5-8(11(4)10-7)9(2,3)6-12/h5,12H,6H2,1-4H3. The summed E-state index contributed by atoms with van der Waals surface area (Å²) in [5.41, 5.74) is 1.87. The lowest BCUT2D eigenvalue weighted by atomic mass is 9.90. The van der Waals surface area contributed by atoms with E-state index in [1.807, 2.05) is 38.6 Å². The van der Waals surface area contributed by atoms with E-state index in [0.29, 0.717) is 0 Å². The maximum absolute atomic E-state index is 9.14. The van der Waals surface area contributed by atoms with Crippen LogP contribution in [0.4, 0.5) is 0 Å². The lowest BCUT2D eigenvalue weighted by Gasteiger charge is -2.21. The molecule has 0 spiro atoms. The van der Waals surface area contributed by atoms with E-state index in [1.54, 1.807) is 0 Å². The summed E-state index contributed by atoms with van der Waals surface area (Å²) in [5, 5.41) is 13.4. The first-order chi connectivity index (χ1) is 5.47. The minimum atomic E-state index is -0.198. The van der Waals surface area contributed by atoms with Crippen molar-refractivity contribution in [3.63, 3.8) is 0 Å². The minimum absolute atomic E-state index is 0.145. The molecular weight excluding hydrogens is 152 g/mol. The number of aliphatic hydroxyl groups is 1. The molecule has 0 bridgehead atoms. The zero-order chi connectivity index (χ0) is 9.35. The number of aromatic nitrogens is 2. The molecule has 0 aliphatic carbocycles. The zero-order valence-corrected chi connectivity index (χ0v) is 8.13. The van der Waals surface area contributed by atoms with Crippen LogP contribution < -0.4 is 0 Å². The van der Waals surface area contributed by atoms with Crippen LogP contribution in [0.15, 0.2) is 6.07 Å². The molecule has 3 heteroatoms. The molecule has 12 heavy (non-hydrogen) atoms. The molecule has 0 atom stereocenters. The van der Waals surface area contributed by atoms with Crippen LogP contribution in [-0.4, -0.2) is 21.5 Å². The molecule has 1 heterocycles. The maximum atomic E-state index is 9.14. The van der Waals surface area contributed by atoms with E-state index < -0.39 is 0 Å². The fourth-order valence-electron chi connectivity index (χ4n) is 1.33. The van der Waals surface area contributed by atoms with Gasteiger partial charge >= 0.3 is 0 Å². The molecular formula is C9H16N2O. The summed E-state index contributed by atoms with van der Waals surface area (Å²) in [6.07, 6.45) is 0. The Kier molecular flexibility index (Phi) is 2.24. The minimum Gasteiger partial charge on any atom is -0.395 e. The molecule has 0 aliphatic rings. The van der Waals surface area contributed by atoms with E-state index in [1.165, 1.54) is 0 Å². The number of aryl methyl sites for hydroxylation is 2. The van der Waals surface area contributed by atoms with Crippen molar-refractivity contribution >= 4 is 0 Å². The number of nitrogens with zero attached hydrogens (tertiary/aromatic N) is 2. The van der Waals surface area contributed by atoms with Crippen molar-refractivity contribution in [2.75, 3.05) is 6.61 Å². The van der Waals surface area contributed by atoms with Crippen molar-refractivity contribution in [3.8, 4) is 0 Å². The Bertz CT molecular complexity index is 276. The molecule has 3 nitrogen and oxygen atoms in total. The van der Waals surface area contributed by atoms with Gasteiger partial charge in [-0.2, -0.15) is 5.10 Å². The van der Waals surface area contributed by atoms with Crippen molar-refractivity contribution in [3.05, 3.63) is 17.5 Å². The van der Waals surface area contributed by atoms with Crippen LogP contribution in [0.1, 0.15) is 25.2 Å². The lowest BCUT2D eigenvalue weighted by molar-refractivity contribution is 0.211. The average molecular weight is 168 g/mol. The third kappa shape index (κ3) is 1.50. The molecule has 0 amide bonds. The average Bonchev–Trinajstić information content (AvgIpc) is 2.31. The highest BCUT2D eigenvalue weighted by Crippen LogP contribution is 2.22. The first-order valence-electron chi connectivity index (χ1n) is 4.09. The molecule has 1 rings (SSSR count). The second-order valence-corrected chi connectivity index (χ2v) is 3.84. The SMILES string of the molecule is Cc1cc(C(C)(C)CO)n(C)n1. The monoisotopic (exact) mass is 168 g/mol. The van der Waals surface area contributed by atoms with Crippen molar-refractivity contribution in [1.82, 2.24) is 9.78 Å². The van der Waals surface area contributed by atoms with Gasteiger partial charge in [-0.25, -0.2) is 0 Å². The Balaban J connectivity index is 3.09. The molecule has 0 fully saturated rings. The zero-order valence-electron chi connectivity index (χ0n) is 8.13. The smallest absolute Gasteiger partial charge is 0.0596 e. The van der Waals surface area contributed by atoms with Gasteiger partial charge in [-0.1, -0.05) is 13.8 Å². The number of hydrogen-bond donors (Lipinski definition) is 1. The Labute approximate surface area is 73.0 Å². The highest BCUT2D eigenvalue weighted by molar-refractivity contribution is 5.17. The summed E-state index contributed by atoms with van der Waals surface area (Å²) < 4.78 is 1.82. The first kappa shape index (κ1) is 9.26. The van der Waals surface area contributed by atoms with E-state index in [9.17, 15) is 0 Å². The summed E-state index contributed by atoms with van der Waals surface area (Å²) >= 11 is 0. The maximum Gasteiger partial charge on any atom is 0.0596 e. The topological polar surface area (TPSA) is 38.0 Å². The second kappa shape index (κ2) is 2.90. The summed E-state index contributed by atoms with van der Waals surface area (Å²) in [4.78, 5) is 0. The summed E-state index contributed by atoms with van der Waals surface area (Å²) in [5.74, 6) is 0. The van der Waals surface area contributed by atoms with Crippen LogP contribution in [0.2, 0.25) is 0 Å². The number of hydrogen-bond acceptors (Lipinski definition) is 2. The molecule has 1 aromatic heterocycles. The predicted molar refractivity (Wildman–Crippen MR) is 48.1 cm³/mol. The fraction of sp³-hybridized carbons (Fsp3) is 0.667. The third-order valence-electron chi connectivity index (χ3n) is 2.09. The Morgan fingerprint density at radius 1 is 1.58 bits per heavy atom. The first-order valence-corrected chi connectivity index (χ1v) is 4.09. The van der Waals surface area contributed by atoms with Crippen LogP contribution >= 0.6 is 0 Å². The molecule has 0 saturated carbocycles. The van der Waals surface area contributed by atoms with Gasteiger partial charge in [0, 0.05) is 18.2 Å². The van der Waals surface area contributed by atoms with Gasteiger partial charge in [0.1, 0.15) is 0 Å². The van der Waals surface area contributed by atoms with Crippen LogP contribution in [0.5, 0.6) is 0 Å². The van der Waals surface area contributed by atoms with Gasteiger partial charge in [-0.3, -0.25) is 4.68 Å². The van der Waals surface area contributed by atoms with Gasteiger partial charge in [0.2, 0.25) is 0 Å². The van der Waals surface area contributed by atoms with E-state index in [2.05, 4.69) is 5.10 Å². The van der Waals surface area contributed by atoms with Crippen LogP contribution in [0.25, 0.3) is 0 Å². The summed E-state index contributed by atoms with van der Waals surface area (Å²) in [7, 11) is 1.90. The van der Waals surface area contributed by atoms with Gasteiger partial charge in [0.05, 0.1) is 12.3 Å². The van der Waals surface area contributed by atoms with Crippen LogP contribution in [0, 0.1) is 6.92 Å².